The molecule has 0 atom stereocenters. The number of benzene rings is 1. The Morgan fingerprint density at radius 3 is 3.00 bits per heavy atom. The van der Waals surface area contributed by atoms with Gasteiger partial charge in [0.15, 0.2) is 0 Å². The summed E-state index contributed by atoms with van der Waals surface area (Å²) in [5, 5.41) is 3.35. The van der Waals surface area contributed by atoms with Gasteiger partial charge in [0.25, 0.3) is 0 Å². The van der Waals surface area contributed by atoms with E-state index in [1.165, 1.54) is 28.2 Å². The zero-order valence-electron chi connectivity index (χ0n) is 10.3. The highest BCUT2D eigenvalue weighted by atomic mass is 15.1. The number of hydrogen-bond acceptors (Lipinski definition) is 2. The SMILES string of the molecule is Cc1ccc(-n2cnc3c2CCNC3)c(C)c1. The van der Waals surface area contributed by atoms with Gasteiger partial charge in [-0.05, 0) is 25.5 Å². The van der Waals surface area contributed by atoms with Crippen molar-refractivity contribution < 1.29 is 0 Å². The van der Waals surface area contributed by atoms with Gasteiger partial charge in [-0.25, -0.2) is 4.98 Å². The molecular weight excluding hydrogens is 210 g/mol. The fourth-order valence-electron chi connectivity index (χ4n) is 2.52. The molecule has 1 aliphatic heterocycles. The normalized spacial score (nSPS) is 14.7. The molecule has 0 saturated carbocycles. The Balaban J connectivity index is 2.12. The number of aromatic nitrogens is 2. The lowest BCUT2D eigenvalue weighted by atomic mass is 10.1. The van der Waals surface area contributed by atoms with Crippen LogP contribution in [0.1, 0.15) is 22.5 Å². The van der Waals surface area contributed by atoms with E-state index in [9.17, 15) is 0 Å². The maximum Gasteiger partial charge on any atom is 0.0998 e. The Bertz CT molecular complexity index is 555. The molecule has 17 heavy (non-hydrogen) atoms. The van der Waals surface area contributed by atoms with Gasteiger partial charge in [-0.2, -0.15) is 0 Å². The van der Waals surface area contributed by atoms with Crippen LogP contribution in [-0.2, 0) is 13.0 Å². The van der Waals surface area contributed by atoms with Gasteiger partial charge in [-0.1, -0.05) is 17.7 Å². The second-order valence-corrected chi connectivity index (χ2v) is 4.72. The standard InChI is InChI=1S/C14H17N3/c1-10-3-4-13(11(2)7-10)17-9-16-12-8-15-6-5-14(12)17/h3-4,7,9,15H,5-6,8H2,1-2H3. The van der Waals surface area contributed by atoms with Crippen LogP contribution in [0.15, 0.2) is 24.5 Å². The van der Waals surface area contributed by atoms with Gasteiger partial charge in [0, 0.05) is 30.9 Å². The van der Waals surface area contributed by atoms with E-state index < -0.39 is 0 Å². The minimum absolute atomic E-state index is 0.896. The lowest BCUT2D eigenvalue weighted by molar-refractivity contribution is 0.620. The van der Waals surface area contributed by atoms with Crippen LogP contribution in [0.3, 0.4) is 0 Å². The Labute approximate surface area is 101 Å². The minimum Gasteiger partial charge on any atom is -0.311 e. The second-order valence-electron chi connectivity index (χ2n) is 4.72. The average molecular weight is 227 g/mol. The minimum atomic E-state index is 0.896. The zero-order valence-corrected chi connectivity index (χ0v) is 10.3. The third-order valence-electron chi connectivity index (χ3n) is 3.40. The summed E-state index contributed by atoms with van der Waals surface area (Å²) >= 11 is 0. The predicted octanol–water partition coefficient (Wildman–Crippen LogP) is 2.13. The van der Waals surface area contributed by atoms with Crippen LogP contribution in [0, 0.1) is 13.8 Å². The van der Waals surface area contributed by atoms with E-state index in [1.54, 1.807) is 0 Å². The molecule has 0 amide bonds. The van der Waals surface area contributed by atoms with Gasteiger partial charge in [0.2, 0.25) is 0 Å². The highest BCUT2D eigenvalue weighted by Crippen LogP contribution is 2.21. The summed E-state index contributed by atoms with van der Waals surface area (Å²) in [5.41, 5.74) is 6.42. The molecule has 2 heterocycles. The number of aryl methyl sites for hydroxylation is 2. The molecule has 3 nitrogen and oxygen atoms in total. The molecule has 1 aliphatic rings. The maximum absolute atomic E-state index is 4.50. The number of nitrogens with zero attached hydrogens (tertiary/aromatic N) is 2. The molecule has 0 spiro atoms. The molecular formula is C14H17N3. The fourth-order valence-corrected chi connectivity index (χ4v) is 2.52. The van der Waals surface area contributed by atoms with Crippen LogP contribution in [0.25, 0.3) is 5.69 Å². The first-order chi connectivity index (χ1) is 8.25. The lowest BCUT2D eigenvalue weighted by Gasteiger charge is -2.16. The molecule has 1 aromatic carbocycles. The number of imidazole rings is 1. The van der Waals surface area contributed by atoms with E-state index in [0.717, 1.165) is 19.5 Å². The highest BCUT2D eigenvalue weighted by molar-refractivity contribution is 5.44. The molecule has 0 saturated heterocycles. The lowest BCUT2D eigenvalue weighted by Crippen LogP contribution is -2.24. The molecule has 0 aliphatic carbocycles. The van der Waals surface area contributed by atoms with Crippen molar-refractivity contribution in [3.63, 3.8) is 0 Å². The van der Waals surface area contributed by atoms with Crippen molar-refractivity contribution in [1.82, 2.24) is 14.9 Å². The Morgan fingerprint density at radius 1 is 1.29 bits per heavy atom. The van der Waals surface area contributed by atoms with E-state index in [1.807, 2.05) is 6.33 Å². The monoisotopic (exact) mass is 227 g/mol. The molecule has 2 aromatic rings. The van der Waals surface area contributed by atoms with E-state index in [4.69, 9.17) is 0 Å². The van der Waals surface area contributed by atoms with Crippen molar-refractivity contribution in [3.8, 4) is 5.69 Å². The summed E-state index contributed by atoms with van der Waals surface area (Å²) in [5.74, 6) is 0. The average Bonchev–Trinajstić information content (AvgIpc) is 2.73. The number of nitrogens with one attached hydrogen (secondary N) is 1. The van der Waals surface area contributed by atoms with Crippen molar-refractivity contribution in [2.24, 2.45) is 0 Å². The van der Waals surface area contributed by atoms with Crippen molar-refractivity contribution >= 4 is 0 Å². The van der Waals surface area contributed by atoms with Gasteiger partial charge < -0.3 is 9.88 Å². The Kier molecular flexibility index (Phi) is 2.48. The summed E-state index contributed by atoms with van der Waals surface area (Å²) in [6.07, 6.45) is 3.01. The van der Waals surface area contributed by atoms with Crippen LogP contribution >= 0.6 is 0 Å². The smallest absolute Gasteiger partial charge is 0.0998 e. The third kappa shape index (κ3) is 1.76. The first kappa shape index (κ1) is 10.5. The third-order valence-corrected chi connectivity index (χ3v) is 3.40. The molecule has 1 aromatic heterocycles. The van der Waals surface area contributed by atoms with Crippen molar-refractivity contribution in [2.45, 2.75) is 26.8 Å². The molecule has 3 rings (SSSR count). The largest absolute Gasteiger partial charge is 0.311 e. The van der Waals surface area contributed by atoms with Crippen molar-refractivity contribution in [2.75, 3.05) is 6.54 Å². The first-order valence-corrected chi connectivity index (χ1v) is 6.09. The van der Waals surface area contributed by atoms with E-state index in [-0.39, 0.29) is 0 Å². The van der Waals surface area contributed by atoms with Gasteiger partial charge >= 0.3 is 0 Å². The number of rotatable bonds is 1. The van der Waals surface area contributed by atoms with Crippen LogP contribution in [-0.4, -0.2) is 16.1 Å². The maximum atomic E-state index is 4.50. The summed E-state index contributed by atoms with van der Waals surface area (Å²) in [6, 6.07) is 6.58. The molecule has 0 bridgehead atoms. The summed E-state index contributed by atoms with van der Waals surface area (Å²) in [7, 11) is 0. The zero-order chi connectivity index (χ0) is 11.8. The summed E-state index contributed by atoms with van der Waals surface area (Å²) in [4.78, 5) is 4.50. The highest BCUT2D eigenvalue weighted by Gasteiger charge is 2.16. The quantitative estimate of drug-likeness (QED) is 0.809. The number of fused-ring (bicyclic) bond motifs is 1. The molecule has 3 heteroatoms. The fraction of sp³-hybridized carbons (Fsp3) is 0.357. The van der Waals surface area contributed by atoms with Crippen molar-refractivity contribution in [3.05, 3.63) is 47.0 Å². The Hall–Kier alpha value is -1.61. The predicted molar refractivity (Wildman–Crippen MR) is 68.4 cm³/mol. The first-order valence-electron chi connectivity index (χ1n) is 6.09. The van der Waals surface area contributed by atoms with Crippen LogP contribution in [0.4, 0.5) is 0 Å². The van der Waals surface area contributed by atoms with Gasteiger partial charge in [0.1, 0.15) is 0 Å². The van der Waals surface area contributed by atoms with Crippen LogP contribution in [0.5, 0.6) is 0 Å². The van der Waals surface area contributed by atoms with Crippen LogP contribution in [0.2, 0.25) is 0 Å². The van der Waals surface area contributed by atoms with E-state index in [2.05, 4.69) is 46.9 Å². The van der Waals surface area contributed by atoms with Gasteiger partial charge in [-0.3, -0.25) is 0 Å². The Morgan fingerprint density at radius 2 is 2.18 bits per heavy atom. The molecule has 0 radical (unpaired) electrons. The molecule has 88 valence electrons. The van der Waals surface area contributed by atoms with Gasteiger partial charge in [-0.15, -0.1) is 0 Å². The topological polar surface area (TPSA) is 29.9 Å². The van der Waals surface area contributed by atoms with Gasteiger partial charge in [0.05, 0.1) is 12.0 Å². The second kappa shape index (κ2) is 4.00. The van der Waals surface area contributed by atoms with E-state index >= 15 is 0 Å². The molecule has 1 N–H and O–H groups in total. The molecule has 0 unspecified atom stereocenters. The molecule has 0 fully saturated rings. The summed E-state index contributed by atoms with van der Waals surface area (Å²) in [6.45, 7) is 6.23. The summed E-state index contributed by atoms with van der Waals surface area (Å²) < 4.78 is 2.24. The van der Waals surface area contributed by atoms with E-state index in [0.29, 0.717) is 0 Å². The number of hydrogen-bond donors (Lipinski definition) is 1. The van der Waals surface area contributed by atoms with Crippen LogP contribution < -0.4 is 5.32 Å². The van der Waals surface area contributed by atoms with Crippen molar-refractivity contribution in [1.29, 1.82) is 0 Å².